The third-order valence-electron chi connectivity index (χ3n) is 3.81. The Morgan fingerprint density at radius 3 is 2.79 bits per heavy atom. The molecule has 0 radical (unpaired) electrons. The summed E-state index contributed by atoms with van der Waals surface area (Å²) in [5.41, 5.74) is 5.72. The van der Waals surface area contributed by atoms with E-state index in [0.717, 1.165) is 43.6 Å². The summed E-state index contributed by atoms with van der Waals surface area (Å²) in [7, 11) is 0. The van der Waals surface area contributed by atoms with Gasteiger partial charge in [-0.1, -0.05) is 6.92 Å². The predicted molar refractivity (Wildman–Crippen MR) is 80.8 cm³/mol. The van der Waals surface area contributed by atoms with E-state index in [0.29, 0.717) is 6.04 Å². The zero-order valence-corrected chi connectivity index (χ0v) is 12.8. The van der Waals surface area contributed by atoms with Crippen LogP contribution in [0, 0.1) is 6.92 Å². The van der Waals surface area contributed by atoms with Gasteiger partial charge in [0.2, 0.25) is 5.13 Å². The Hall–Kier alpha value is -0.720. The molecular formula is C13H25N5S. The molecule has 1 saturated heterocycles. The van der Waals surface area contributed by atoms with Crippen LogP contribution in [-0.2, 0) is 0 Å². The highest BCUT2D eigenvalue weighted by atomic mass is 32.1. The molecule has 0 amide bonds. The second-order valence-corrected chi connectivity index (χ2v) is 5.87. The summed E-state index contributed by atoms with van der Waals surface area (Å²) in [6.45, 7) is 9.42. The van der Waals surface area contributed by atoms with Crippen LogP contribution in [0.5, 0.6) is 0 Å². The molecular weight excluding hydrogens is 258 g/mol. The van der Waals surface area contributed by atoms with Crippen LogP contribution in [-0.4, -0.2) is 53.0 Å². The molecule has 2 heterocycles. The Labute approximate surface area is 120 Å². The van der Waals surface area contributed by atoms with E-state index in [1.165, 1.54) is 30.9 Å². The van der Waals surface area contributed by atoms with Crippen LogP contribution in [0.4, 0.5) is 5.13 Å². The molecule has 2 N–H and O–H groups in total. The van der Waals surface area contributed by atoms with Crippen LogP contribution in [0.25, 0.3) is 0 Å². The molecule has 0 spiro atoms. The summed E-state index contributed by atoms with van der Waals surface area (Å²) in [6.07, 6.45) is 3.49. The molecule has 1 aliphatic rings. The lowest BCUT2D eigenvalue weighted by Crippen LogP contribution is -2.39. The van der Waals surface area contributed by atoms with Crippen LogP contribution >= 0.6 is 11.5 Å². The van der Waals surface area contributed by atoms with Crippen molar-refractivity contribution in [3.63, 3.8) is 0 Å². The van der Waals surface area contributed by atoms with Gasteiger partial charge in [-0.2, -0.15) is 4.37 Å². The van der Waals surface area contributed by atoms with Gasteiger partial charge in [-0.05, 0) is 32.7 Å². The van der Waals surface area contributed by atoms with Gasteiger partial charge in [0.05, 0.1) is 0 Å². The predicted octanol–water partition coefficient (Wildman–Crippen LogP) is 1.49. The van der Waals surface area contributed by atoms with Crippen molar-refractivity contribution >= 4 is 16.7 Å². The molecule has 6 heteroatoms. The minimum absolute atomic E-state index is 0.640. The number of hydrogen-bond acceptors (Lipinski definition) is 6. The molecule has 1 aromatic heterocycles. The van der Waals surface area contributed by atoms with Crippen LogP contribution in [0.15, 0.2) is 0 Å². The van der Waals surface area contributed by atoms with E-state index >= 15 is 0 Å². The van der Waals surface area contributed by atoms with Crippen LogP contribution in [0.1, 0.15) is 32.0 Å². The summed E-state index contributed by atoms with van der Waals surface area (Å²) in [4.78, 5) is 9.47. The van der Waals surface area contributed by atoms with Crippen molar-refractivity contribution in [1.29, 1.82) is 0 Å². The number of nitrogens with zero attached hydrogens (tertiary/aromatic N) is 4. The third kappa shape index (κ3) is 3.87. The van der Waals surface area contributed by atoms with Crippen molar-refractivity contribution in [1.82, 2.24) is 14.3 Å². The molecule has 108 valence electrons. The lowest BCUT2D eigenvalue weighted by molar-refractivity contribution is 0.196. The Balaban J connectivity index is 1.94. The van der Waals surface area contributed by atoms with Gasteiger partial charge in [0.1, 0.15) is 5.82 Å². The normalized spacial score (nSPS) is 19.4. The first-order chi connectivity index (χ1) is 9.24. The van der Waals surface area contributed by atoms with E-state index in [9.17, 15) is 0 Å². The van der Waals surface area contributed by atoms with Gasteiger partial charge < -0.3 is 10.6 Å². The molecule has 1 fully saturated rings. The summed E-state index contributed by atoms with van der Waals surface area (Å²) < 4.78 is 4.28. The third-order valence-corrected chi connectivity index (χ3v) is 4.67. The van der Waals surface area contributed by atoms with E-state index in [-0.39, 0.29) is 0 Å². The monoisotopic (exact) mass is 283 g/mol. The highest BCUT2D eigenvalue weighted by Crippen LogP contribution is 2.20. The van der Waals surface area contributed by atoms with Crippen molar-refractivity contribution in [2.24, 2.45) is 5.73 Å². The highest BCUT2D eigenvalue weighted by Gasteiger charge is 2.21. The molecule has 1 unspecified atom stereocenters. The maximum atomic E-state index is 5.72. The van der Waals surface area contributed by atoms with Gasteiger partial charge in [-0.15, -0.1) is 0 Å². The lowest BCUT2D eigenvalue weighted by Gasteiger charge is -2.29. The summed E-state index contributed by atoms with van der Waals surface area (Å²) >= 11 is 1.52. The fraction of sp³-hybridized carbons (Fsp3) is 0.846. The second-order valence-electron chi connectivity index (χ2n) is 5.14. The van der Waals surface area contributed by atoms with Gasteiger partial charge in [0.25, 0.3) is 0 Å². The van der Waals surface area contributed by atoms with E-state index in [2.05, 4.69) is 26.1 Å². The van der Waals surface area contributed by atoms with Crippen molar-refractivity contribution < 1.29 is 0 Å². The maximum absolute atomic E-state index is 5.72. The SMILES string of the molecule is CCC(CCN)N1CCCN(c2nc(C)ns2)CC1. The summed E-state index contributed by atoms with van der Waals surface area (Å²) in [6, 6.07) is 0.640. The van der Waals surface area contributed by atoms with E-state index < -0.39 is 0 Å². The van der Waals surface area contributed by atoms with Gasteiger partial charge >= 0.3 is 0 Å². The average Bonchev–Trinajstić information content (AvgIpc) is 2.70. The topological polar surface area (TPSA) is 58.3 Å². The number of rotatable bonds is 5. The first-order valence-electron chi connectivity index (χ1n) is 7.24. The molecule has 0 bridgehead atoms. The van der Waals surface area contributed by atoms with Gasteiger partial charge in [-0.3, -0.25) is 4.90 Å². The van der Waals surface area contributed by atoms with Crippen LogP contribution < -0.4 is 10.6 Å². The molecule has 1 aromatic rings. The first-order valence-corrected chi connectivity index (χ1v) is 8.01. The largest absolute Gasteiger partial charge is 0.346 e. The van der Waals surface area contributed by atoms with Crippen molar-refractivity contribution in [3.05, 3.63) is 5.82 Å². The van der Waals surface area contributed by atoms with Crippen LogP contribution in [0.3, 0.4) is 0 Å². The van der Waals surface area contributed by atoms with Crippen LogP contribution in [0.2, 0.25) is 0 Å². The van der Waals surface area contributed by atoms with Gasteiger partial charge in [0.15, 0.2) is 0 Å². The summed E-state index contributed by atoms with van der Waals surface area (Å²) in [5, 5.41) is 1.08. The molecule has 0 aromatic carbocycles. The number of anilines is 1. The van der Waals surface area contributed by atoms with E-state index in [1.807, 2.05) is 6.92 Å². The van der Waals surface area contributed by atoms with E-state index in [1.54, 1.807) is 0 Å². The lowest BCUT2D eigenvalue weighted by atomic mass is 10.1. The maximum Gasteiger partial charge on any atom is 0.205 e. The van der Waals surface area contributed by atoms with Crippen molar-refractivity contribution in [2.75, 3.05) is 37.6 Å². The average molecular weight is 283 g/mol. The zero-order valence-electron chi connectivity index (χ0n) is 12.0. The van der Waals surface area contributed by atoms with E-state index in [4.69, 9.17) is 5.73 Å². The van der Waals surface area contributed by atoms with Gasteiger partial charge in [0, 0.05) is 43.8 Å². The number of nitrogens with two attached hydrogens (primary N) is 1. The van der Waals surface area contributed by atoms with Crippen molar-refractivity contribution in [3.8, 4) is 0 Å². The fourth-order valence-electron chi connectivity index (χ4n) is 2.75. The Morgan fingerprint density at radius 2 is 2.16 bits per heavy atom. The minimum atomic E-state index is 0.640. The Kier molecular flexibility index (Phi) is 5.54. The molecule has 1 atom stereocenters. The smallest absolute Gasteiger partial charge is 0.205 e. The molecule has 5 nitrogen and oxygen atoms in total. The molecule has 0 saturated carbocycles. The number of aryl methyl sites for hydroxylation is 1. The number of hydrogen-bond donors (Lipinski definition) is 1. The quantitative estimate of drug-likeness (QED) is 0.887. The molecule has 0 aliphatic carbocycles. The Bertz CT molecular complexity index is 381. The standard InChI is InChI=1S/C13H25N5S/c1-3-12(5-6-14)17-7-4-8-18(10-9-17)13-15-11(2)16-19-13/h12H,3-10,14H2,1-2H3. The second kappa shape index (κ2) is 7.17. The molecule has 2 rings (SSSR count). The van der Waals surface area contributed by atoms with Crippen molar-refractivity contribution in [2.45, 2.75) is 39.2 Å². The highest BCUT2D eigenvalue weighted by molar-refractivity contribution is 7.09. The summed E-state index contributed by atoms with van der Waals surface area (Å²) in [5.74, 6) is 0.885. The first kappa shape index (κ1) is 14.7. The minimum Gasteiger partial charge on any atom is -0.346 e. The fourth-order valence-corrected chi connectivity index (χ4v) is 3.47. The molecule has 19 heavy (non-hydrogen) atoms. The number of aromatic nitrogens is 2. The van der Waals surface area contributed by atoms with Gasteiger partial charge in [-0.25, -0.2) is 4.98 Å². The molecule has 1 aliphatic heterocycles. The zero-order chi connectivity index (χ0) is 13.7. The Morgan fingerprint density at radius 1 is 1.32 bits per heavy atom.